The van der Waals surface area contributed by atoms with E-state index in [2.05, 4.69) is 14.8 Å². The molecule has 0 saturated heterocycles. The molecule has 7 nitrogen and oxygen atoms in total. The molecule has 0 heterocycles. The van der Waals surface area contributed by atoms with Crippen LogP contribution in [0.5, 0.6) is 0 Å². The molecule has 0 fully saturated rings. The largest absolute Gasteiger partial charge is 0.453 e. The molecule has 1 aliphatic carbocycles. The molecule has 0 aliphatic heterocycles. The molecule has 1 atom stereocenters. The minimum atomic E-state index is -3.79. The summed E-state index contributed by atoms with van der Waals surface area (Å²) < 4.78 is 32.0. The molecular formula is C18H20N2O5S. The van der Waals surface area contributed by atoms with Gasteiger partial charge in [0.25, 0.3) is 0 Å². The van der Waals surface area contributed by atoms with Crippen LogP contribution in [0.3, 0.4) is 0 Å². The third kappa shape index (κ3) is 3.72. The van der Waals surface area contributed by atoms with E-state index in [4.69, 9.17) is 0 Å². The number of fused-ring (bicyclic) bond motifs is 1. The van der Waals surface area contributed by atoms with Gasteiger partial charge in [0, 0.05) is 12.2 Å². The fourth-order valence-electron chi connectivity index (χ4n) is 3.04. The van der Waals surface area contributed by atoms with Crippen molar-refractivity contribution in [2.75, 3.05) is 19.0 Å². The Bertz CT molecular complexity index is 911. The summed E-state index contributed by atoms with van der Waals surface area (Å²) in [5.41, 5.74) is 1.00. The number of aliphatic hydroxyl groups is 1. The van der Waals surface area contributed by atoms with E-state index in [9.17, 15) is 18.3 Å². The van der Waals surface area contributed by atoms with E-state index in [1.54, 1.807) is 0 Å². The number of benzene rings is 2. The van der Waals surface area contributed by atoms with Gasteiger partial charge in [-0.2, -0.15) is 0 Å². The second-order valence-corrected chi connectivity index (χ2v) is 7.92. The summed E-state index contributed by atoms with van der Waals surface area (Å²) in [7, 11) is -2.55. The fraction of sp³-hybridized carbons (Fsp3) is 0.278. The molecule has 2 aromatic rings. The lowest BCUT2D eigenvalue weighted by molar-refractivity contribution is 0.0442. The van der Waals surface area contributed by atoms with Crippen molar-refractivity contribution < 1.29 is 23.1 Å². The normalized spacial score (nSPS) is 19.0. The van der Waals surface area contributed by atoms with Crippen LogP contribution in [0.15, 0.2) is 53.4 Å². The first-order valence-corrected chi connectivity index (χ1v) is 9.58. The fourth-order valence-corrected chi connectivity index (χ4v) is 4.13. The number of methoxy groups -OCH3 is 1. The van der Waals surface area contributed by atoms with E-state index in [0.717, 1.165) is 11.1 Å². The Morgan fingerprint density at radius 1 is 1.19 bits per heavy atom. The Kier molecular flexibility index (Phi) is 4.99. The summed E-state index contributed by atoms with van der Waals surface area (Å²) in [6.45, 7) is -0.103. The number of nitrogens with one attached hydrogen (secondary N) is 2. The van der Waals surface area contributed by atoms with Crippen LogP contribution in [0.1, 0.15) is 17.5 Å². The van der Waals surface area contributed by atoms with Crippen LogP contribution in [-0.2, 0) is 26.8 Å². The molecule has 0 spiro atoms. The molecule has 0 bridgehead atoms. The third-order valence-corrected chi connectivity index (χ3v) is 5.89. The van der Waals surface area contributed by atoms with Crippen molar-refractivity contribution in [3.05, 3.63) is 59.7 Å². The van der Waals surface area contributed by atoms with Crippen molar-refractivity contribution in [2.24, 2.45) is 0 Å². The third-order valence-electron chi connectivity index (χ3n) is 4.48. The summed E-state index contributed by atoms with van der Waals surface area (Å²) >= 11 is 0. The quantitative estimate of drug-likeness (QED) is 0.740. The van der Waals surface area contributed by atoms with Crippen LogP contribution in [0.4, 0.5) is 10.5 Å². The summed E-state index contributed by atoms with van der Waals surface area (Å²) in [5.74, 6) is 0. The van der Waals surface area contributed by atoms with Crippen molar-refractivity contribution >= 4 is 21.8 Å². The Balaban J connectivity index is 1.71. The van der Waals surface area contributed by atoms with Gasteiger partial charge in [-0.25, -0.2) is 17.9 Å². The first-order valence-electron chi connectivity index (χ1n) is 8.09. The summed E-state index contributed by atoms with van der Waals surface area (Å²) in [6.07, 6.45) is 0.542. The number of amides is 1. The second kappa shape index (κ2) is 7.06. The number of anilines is 1. The minimum Gasteiger partial charge on any atom is -0.453 e. The lowest BCUT2D eigenvalue weighted by Gasteiger charge is -2.24. The Morgan fingerprint density at radius 2 is 1.88 bits per heavy atom. The summed E-state index contributed by atoms with van der Waals surface area (Å²) in [6, 6.07) is 13.2. The van der Waals surface area contributed by atoms with Crippen molar-refractivity contribution in [2.45, 2.75) is 23.3 Å². The highest BCUT2D eigenvalue weighted by atomic mass is 32.2. The highest BCUT2D eigenvalue weighted by molar-refractivity contribution is 7.89. The van der Waals surface area contributed by atoms with Gasteiger partial charge in [0.15, 0.2) is 0 Å². The van der Waals surface area contributed by atoms with Crippen molar-refractivity contribution in [1.29, 1.82) is 0 Å². The van der Waals surface area contributed by atoms with Gasteiger partial charge in [-0.05, 0) is 48.2 Å². The lowest BCUT2D eigenvalue weighted by Crippen LogP contribution is -2.39. The number of carbonyl (C=O) groups excluding carboxylic acids is 1. The zero-order chi connectivity index (χ0) is 18.8. The van der Waals surface area contributed by atoms with Gasteiger partial charge in [-0.1, -0.05) is 24.3 Å². The first-order chi connectivity index (χ1) is 12.3. The number of carbonyl (C=O) groups is 1. The average molecular weight is 376 g/mol. The van der Waals surface area contributed by atoms with Gasteiger partial charge < -0.3 is 9.84 Å². The molecule has 1 aliphatic rings. The van der Waals surface area contributed by atoms with Crippen molar-refractivity contribution in [3.63, 3.8) is 0 Å². The Hall–Kier alpha value is -2.42. The molecule has 8 heteroatoms. The Morgan fingerprint density at radius 3 is 2.58 bits per heavy atom. The van der Waals surface area contributed by atoms with E-state index < -0.39 is 21.7 Å². The molecule has 26 heavy (non-hydrogen) atoms. The van der Waals surface area contributed by atoms with Crippen molar-refractivity contribution in [1.82, 2.24) is 4.72 Å². The topological polar surface area (TPSA) is 105 Å². The monoisotopic (exact) mass is 376 g/mol. The van der Waals surface area contributed by atoms with Gasteiger partial charge in [-0.3, -0.25) is 5.32 Å². The SMILES string of the molecule is COC(=O)Nc1ccc(S(=O)(=O)NC[C@]2(O)CCc3ccccc32)cc1. The zero-order valence-electron chi connectivity index (χ0n) is 14.2. The second-order valence-electron chi connectivity index (χ2n) is 6.15. The number of ether oxygens (including phenoxy) is 1. The van der Waals surface area contributed by atoms with E-state index in [0.29, 0.717) is 18.5 Å². The standard InChI is InChI=1S/C18H20N2O5S/c1-25-17(21)20-14-6-8-15(9-7-14)26(23,24)19-12-18(22)11-10-13-4-2-3-5-16(13)18/h2-9,19,22H,10-12H2,1H3,(H,20,21)/t18-/m1/s1. The van der Waals surface area contributed by atoms with Crippen LogP contribution in [0.2, 0.25) is 0 Å². The molecule has 3 rings (SSSR count). The van der Waals surface area contributed by atoms with Gasteiger partial charge in [-0.15, -0.1) is 0 Å². The van der Waals surface area contributed by atoms with Gasteiger partial charge in [0.1, 0.15) is 5.60 Å². The summed E-state index contributed by atoms with van der Waals surface area (Å²) in [4.78, 5) is 11.2. The molecule has 0 unspecified atom stereocenters. The molecule has 138 valence electrons. The number of rotatable bonds is 5. The van der Waals surface area contributed by atoms with Crippen LogP contribution < -0.4 is 10.0 Å². The molecule has 0 aromatic heterocycles. The molecule has 0 radical (unpaired) electrons. The first kappa shape index (κ1) is 18.4. The van der Waals surface area contributed by atoms with Gasteiger partial charge in [0.2, 0.25) is 10.0 Å². The van der Waals surface area contributed by atoms with E-state index in [-0.39, 0.29) is 11.4 Å². The molecule has 1 amide bonds. The molecule has 2 aromatic carbocycles. The van der Waals surface area contributed by atoms with Gasteiger partial charge >= 0.3 is 6.09 Å². The zero-order valence-corrected chi connectivity index (χ0v) is 15.0. The Labute approximate surface area is 152 Å². The lowest BCUT2D eigenvalue weighted by atomic mass is 9.96. The molecule has 3 N–H and O–H groups in total. The van der Waals surface area contributed by atoms with E-state index in [1.807, 2.05) is 24.3 Å². The average Bonchev–Trinajstić information content (AvgIpc) is 2.98. The van der Waals surface area contributed by atoms with E-state index >= 15 is 0 Å². The molecule has 0 saturated carbocycles. The van der Waals surface area contributed by atoms with Crippen LogP contribution in [0, 0.1) is 0 Å². The van der Waals surface area contributed by atoms with E-state index in [1.165, 1.54) is 31.4 Å². The maximum absolute atomic E-state index is 12.5. The maximum atomic E-state index is 12.5. The van der Waals surface area contributed by atoms with Crippen molar-refractivity contribution in [3.8, 4) is 0 Å². The number of aryl methyl sites for hydroxylation is 1. The summed E-state index contributed by atoms with van der Waals surface area (Å²) in [5, 5.41) is 13.3. The predicted octanol–water partition coefficient (Wildman–Crippen LogP) is 1.98. The smallest absolute Gasteiger partial charge is 0.411 e. The molecular weight excluding hydrogens is 356 g/mol. The number of sulfonamides is 1. The van der Waals surface area contributed by atoms with Crippen LogP contribution >= 0.6 is 0 Å². The van der Waals surface area contributed by atoms with Crippen LogP contribution in [-0.4, -0.2) is 33.3 Å². The predicted molar refractivity (Wildman–Crippen MR) is 96.3 cm³/mol. The highest BCUT2D eigenvalue weighted by Gasteiger charge is 2.37. The van der Waals surface area contributed by atoms with Crippen LogP contribution in [0.25, 0.3) is 0 Å². The number of hydrogen-bond acceptors (Lipinski definition) is 5. The minimum absolute atomic E-state index is 0.0443. The van der Waals surface area contributed by atoms with Gasteiger partial charge in [0.05, 0.1) is 12.0 Å². The maximum Gasteiger partial charge on any atom is 0.411 e. The highest BCUT2D eigenvalue weighted by Crippen LogP contribution is 2.36. The number of hydrogen-bond donors (Lipinski definition) is 3.